The van der Waals surface area contributed by atoms with Crippen LogP contribution in [0.1, 0.15) is 18.1 Å². The number of amides is 1. The van der Waals surface area contributed by atoms with Crippen molar-refractivity contribution in [3.05, 3.63) is 35.4 Å². The van der Waals surface area contributed by atoms with Gasteiger partial charge in [-0.15, -0.1) is 0 Å². The quantitative estimate of drug-likeness (QED) is 0.757. The molecule has 0 atom stereocenters. The van der Waals surface area contributed by atoms with Crippen LogP contribution >= 0.6 is 0 Å². The summed E-state index contributed by atoms with van der Waals surface area (Å²) in [7, 11) is 1.64. The molecule has 0 heterocycles. The highest BCUT2D eigenvalue weighted by Crippen LogP contribution is 2.08. The number of rotatable bonds is 5. The topological polar surface area (TPSA) is 41.1 Å². The van der Waals surface area contributed by atoms with Crippen LogP contribution in [0.3, 0.4) is 0 Å². The van der Waals surface area contributed by atoms with Crippen LogP contribution in [0, 0.1) is 0 Å². The van der Waals surface area contributed by atoms with Gasteiger partial charge in [0.15, 0.2) is 0 Å². The Labute approximate surface area is 90.9 Å². The van der Waals surface area contributed by atoms with Crippen molar-refractivity contribution in [2.75, 3.05) is 13.6 Å². The van der Waals surface area contributed by atoms with E-state index in [1.54, 1.807) is 7.05 Å². The molecule has 0 aliphatic rings. The van der Waals surface area contributed by atoms with E-state index in [0.29, 0.717) is 6.54 Å². The third kappa shape index (κ3) is 3.72. The summed E-state index contributed by atoms with van der Waals surface area (Å²) in [6.07, 6.45) is 1.03. The molecule has 1 aromatic rings. The molecule has 0 aliphatic heterocycles. The summed E-state index contributed by atoms with van der Waals surface area (Å²) >= 11 is 0. The van der Waals surface area contributed by atoms with Crippen LogP contribution in [0.2, 0.25) is 0 Å². The van der Waals surface area contributed by atoms with Gasteiger partial charge < -0.3 is 10.6 Å². The van der Waals surface area contributed by atoms with Gasteiger partial charge in [0.1, 0.15) is 0 Å². The molecule has 0 saturated heterocycles. The van der Waals surface area contributed by atoms with Gasteiger partial charge in [-0.25, -0.2) is 0 Å². The van der Waals surface area contributed by atoms with Crippen LogP contribution in [0.25, 0.3) is 0 Å². The van der Waals surface area contributed by atoms with Crippen LogP contribution in [-0.2, 0) is 17.8 Å². The summed E-state index contributed by atoms with van der Waals surface area (Å²) in [6, 6.07) is 8.28. The van der Waals surface area contributed by atoms with Crippen molar-refractivity contribution >= 4 is 5.91 Å². The first-order valence-electron chi connectivity index (χ1n) is 5.26. The standard InChI is InChI=1S/C12H18N2O/c1-3-10-6-4-5-7-11(10)8-14-9-12(15)13-2/h4-7,14H,3,8-9H2,1-2H3,(H,13,15). The Balaban J connectivity index is 2.46. The lowest BCUT2D eigenvalue weighted by Gasteiger charge is -2.08. The molecule has 1 aromatic carbocycles. The second-order valence-electron chi connectivity index (χ2n) is 3.40. The minimum Gasteiger partial charge on any atom is -0.358 e. The Bertz CT molecular complexity index is 323. The minimum atomic E-state index is 0.0176. The molecule has 1 rings (SSSR count). The van der Waals surface area contributed by atoms with Crippen molar-refractivity contribution in [1.82, 2.24) is 10.6 Å². The molecule has 0 bridgehead atoms. The maximum atomic E-state index is 11.0. The Kier molecular flexibility index (Phi) is 4.84. The SMILES string of the molecule is CCc1ccccc1CNCC(=O)NC. The van der Waals surface area contributed by atoms with E-state index in [1.165, 1.54) is 11.1 Å². The molecule has 0 aromatic heterocycles. The number of nitrogens with one attached hydrogen (secondary N) is 2. The van der Waals surface area contributed by atoms with Gasteiger partial charge in [-0.05, 0) is 17.5 Å². The van der Waals surface area contributed by atoms with Gasteiger partial charge in [-0.2, -0.15) is 0 Å². The van der Waals surface area contributed by atoms with Crippen molar-refractivity contribution < 1.29 is 4.79 Å². The molecule has 82 valence electrons. The number of hydrogen-bond donors (Lipinski definition) is 2. The molecule has 1 amide bonds. The number of carbonyl (C=O) groups is 1. The molecule has 2 N–H and O–H groups in total. The summed E-state index contributed by atoms with van der Waals surface area (Å²) in [4.78, 5) is 11.0. The number of hydrogen-bond acceptors (Lipinski definition) is 2. The summed E-state index contributed by atoms with van der Waals surface area (Å²) in [6.45, 7) is 3.25. The summed E-state index contributed by atoms with van der Waals surface area (Å²) < 4.78 is 0. The van der Waals surface area contributed by atoms with Gasteiger partial charge in [0.05, 0.1) is 6.54 Å². The maximum absolute atomic E-state index is 11.0. The summed E-state index contributed by atoms with van der Waals surface area (Å²) in [5.74, 6) is 0.0176. The molecule has 15 heavy (non-hydrogen) atoms. The number of carbonyl (C=O) groups excluding carboxylic acids is 1. The lowest BCUT2D eigenvalue weighted by atomic mass is 10.1. The van der Waals surface area contributed by atoms with E-state index in [-0.39, 0.29) is 5.91 Å². The minimum absolute atomic E-state index is 0.0176. The lowest BCUT2D eigenvalue weighted by Crippen LogP contribution is -2.31. The normalized spacial score (nSPS) is 10.0. The predicted molar refractivity (Wildman–Crippen MR) is 61.6 cm³/mol. The summed E-state index contributed by atoms with van der Waals surface area (Å²) in [5.41, 5.74) is 2.60. The molecular formula is C12H18N2O. The third-order valence-corrected chi connectivity index (χ3v) is 2.38. The number of benzene rings is 1. The fraction of sp³-hybridized carbons (Fsp3) is 0.417. The molecule has 0 fully saturated rings. The van der Waals surface area contributed by atoms with Gasteiger partial charge >= 0.3 is 0 Å². The zero-order valence-corrected chi connectivity index (χ0v) is 9.34. The van der Waals surface area contributed by atoms with Crippen LogP contribution in [-0.4, -0.2) is 19.5 Å². The van der Waals surface area contributed by atoms with E-state index in [2.05, 4.69) is 29.7 Å². The fourth-order valence-corrected chi connectivity index (χ4v) is 1.47. The van der Waals surface area contributed by atoms with E-state index in [9.17, 15) is 4.79 Å². The Morgan fingerprint density at radius 2 is 1.93 bits per heavy atom. The van der Waals surface area contributed by atoms with Gasteiger partial charge in [0.2, 0.25) is 5.91 Å². The molecule has 0 aliphatic carbocycles. The molecule has 3 nitrogen and oxygen atoms in total. The Morgan fingerprint density at radius 3 is 2.53 bits per heavy atom. The van der Waals surface area contributed by atoms with Crippen LogP contribution in [0.5, 0.6) is 0 Å². The maximum Gasteiger partial charge on any atom is 0.233 e. The smallest absolute Gasteiger partial charge is 0.233 e. The fourth-order valence-electron chi connectivity index (χ4n) is 1.47. The summed E-state index contributed by atoms with van der Waals surface area (Å²) in [5, 5.41) is 5.69. The zero-order valence-electron chi connectivity index (χ0n) is 9.34. The van der Waals surface area contributed by atoms with E-state index < -0.39 is 0 Å². The molecule has 0 radical (unpaired) electrons. The number of likely N-dealkylation sites (N-methyl/N-ethyl adjacent to an activating group) is 1. The van der Waals surface area contributed by atoms with E-state index in [1.807, 2.05) is 12.1 Å². The first-order valence-corrected chi connectivity index (χ1v) is 5.26. The van der Waals surface area contributed by atoms with E-state index >= 15 is 0 Å². The third-order valence-electron chi connectivity index (χ3n) is 2.38. The van der Waals surface area contributed by atoms with E-state index in [0.717, 1.165) is 13.0 Å². The van der Waals surface area contributed by atoms with Crippen LogP contribution in [0.4, 0.5) is 0 Å². The molecule has 0 unspecified atom stereocenters. The number of aryl methyl sites for hydroxylation is 1. The van der Waals surface area contributed by atoms with Crippen molar-refractivity contribution in [2.45, 2.75) is 19.9 Å². The monoisotopic (exact) mass is 206 g/mol. The Hall–Kier alpha value is -1.35. The van der Waals surface area contributed by atoms with Gasteiger partial charge in [-0.1, -0.05) is 31.2 Å². The highest BCUT2D eigenvalue weighted by atomic mass is 16.1. The lowest BCUT2D eigenvalue weighted by molar-refractivity contribution is -0.119. The van der Waals surface area contributed by atoms with Crippen molar-refractivity contribution in [3.63, 3.8) is 0 Å². The highest BCUT2D eigenvalue weighted by molar-refractivity contribution is 5.77. The molecule has 0 spiro atoms. The highest BCUT2D eigenvalue weighted by Gasteiger charge is 2.00. The zero-order chi connectivity index (χ0) is 11.1. The largest absolute Gasteiger partial charge is 0.358 e. The van der Waals surface area contributed by atoms with Gasteiger partial charge in [0.25, 0.3) is 0 Å². The molecule has 3 heteroatoms. The van der Waals surface area contributed by atoms with Gasteiger partial charge in [-0.3, -0.25) is 4.79 Å². The molecular weight excluding hydrogens is 188 g/mol. The van der Waals surface area contributed by atoms with Crippen LogP contribution < -0.4 is 10.6 Å². The average molecular weight is 206 g/mol. The van der Waals surface area contributed by atoms with Crippen molar-refractivity contribution in [1.29, 1.82) is 0 Å². The second-order valence-corrected chi connectivity index (χ2v) is 3.40. The van der Waals surface area contributed by atoms with Gasteiger partial charge in [0, 0.05) is 13.6 Å². The van der Waals surface area contributed by atoms with Crippen molar-refractivity contribution in [3.8, 4) is 0 Å². The predicted octanol–water partition coefficient (Wildman–Crippen LogP) is 1.08. The second kappa shape index (κ2) is 6.19. The van der Waals surface area contributed by atoms with E-state index in [4.69, 9.17) is 0 Å². The molecule has 0 saturated carbocycles. The van der Waals surface area contributed by atoms with Crippen LogP contribution in [0.15, 0.2) is 24.3 Å². The average Bonchev–Trinajstić information content (AvgIpc) is 2.29. The first kappa shape index (κ1) is 11.7. The Morgan fingerprint density at radius 1 is 1.27 bits per heavy atom. The van der Waals surface area contributed by atoms with Crippen molar-refractivity contribution in [2.24, 2.45) is 0 Å². The first-order chi connectivity index (χ1) is 7.27.